The molecule has 8 N–H and O–H groups in total. The van der Waals surface area contributed by atoms with E-state index in [0.717, 1.165) is 12.2 Å². The van der Waals surface area contributed by atoms with Crippen LogP contribution in [-0.4, -0.2) is 66.0 Å². The maximum absolute atomic E-state index is 9.10. The van der Waals surface area contributed by atoms with Gasteiger partial charge in [-0.2, -0.15) is 0 Å². The van der Waals surface area contributed by atoms with Crippen molar-refractivity contribution in [2.45, 2.75) is 0 Å². The summed E-state index contributed by atoms with van der Waals surface area (Å²) < 4.78 is 8.88. The quantitative estimate of drug-likeness (QED) is 0.0630. The fraction of sp³-hybridized carbons (Fsp3) is 0. The van der Waals surface area contributed by atoms with Crippen LogP contribution in [0.1, 0.15) is 0 Å². The average Bonchev–Trinajstić information content (AvgIpc) is 2.29. The molecule has 0 aliphatic carbocycles. The molecular formula is C6H8N2NaO14P. The summed E-state index contributed by atoms with van der Waals surface area (Å²) in [6.07, 6.45) is 1.50. The second-order valence-electron chi connectivity index (χ2n) is 1.92. The second-order valence-corrected chi connectivity index (χ2v) is 2.95. The van der Waals surface area contributed by atoms with Crippen LogP contribution < -0.4 is 34.7 Å². The van der Waals surface area contributed by atoms with Crippen molar-refractivity contribution in [1.82, 2.24) is 0 Å². The van der Waals surface area contributed by atoms with Crippen LogP contribution >= 0.6 is 7.82 Å². The van der Waals surface area contributed by atoms with Gasteiger partial charge >= 0.3 is 55.3 Å². The van der Waals surface area contributed by atoms with Gasteiger partial charge in [0.05, 0.1) is 0 Å². The Labute approximate surface area is 152 Å². The third kappa shape index (κ3) is 210. The molecule has 16 nitrogen and oxygen atoms in total. The number of carbonyl (C=O) groups is 4. The van der Waals surface area contributed by atoms with Gasteiger partial charge in [0, 0.05) is 0 Å². The van der Waals surface area contributed by atoms with Crippen molar-refractivity contribution in [2.24, 2.45) is 0 Å². The first-order chi connectivity index (χ1) is 10.1. The Morgan fingerprint density at radius 1 is 0.792 bits per heavy atom. The molecule has 18 heteroatoms. The molecule has 0 spiro atoms. The van der Waals surface area contributed by atoms with Crippen molar-refractivity contribution in [3.05, 3.63) is 0 Å². The molecule has 0 unspecified atom stereocenters. The molecule has 0 bridgehead atoms. The van der Waals surface area contributed by atoms with E-state index in [-0.39, 0.29) is 29.6 Å². The van der Waals surface area contributed by atoms with Gasteiger partial charge in [0.25, 0.3) is 0 Å². The van der Waals surface area contributed by atoms with Crippen LogP contribution in [-0.2, 0) is 33.3 Å². The molecule has 0 aliphatic heterocycles. The number of hydrogen-bond donors (Lipinski definition) is 8. The molecular weight excluding hydrogens is 378 g/mol. The normalized spacial score (nSPS) is 6.79. The summed E-state index contributed by atoms with van der Waals surface area (Å²) in [5.41, 5.74) is 0. The Kier molecular flexibility index (Phi) is 40.4. The maximum Gasteiger partial charge on any atom is 1.00 e. The predicted octanol–water partition coefficient (Wildman–Crippen LogP) is -7.15. The smallest absolute Gasteiger partial charge is 0.539 e. The Balaban J connectivity index is -0.0000000430. The third-order valence-corrected chi connectivity index (χ3v) is 0.358. The van der Waals surface area contributed by atoms with Crippen LogP contribution in [0, 0.1) is 10.8 Å². The average molecular weight is 386 g/mol. The van der Waals surface area contributed by atoms with Gasteiger partial charge in [0.1, 0.15) is 0 Å². The van der Waals surface area contributed by atoms with Crippen molar-refractivity contribution in [2.75, 3.05) is 0 Å². The Morgan fingerprint density at radius 2 is 0.875 bits per heavy atom. The van der Waals surface area contributed by atoms with Gasteiger partial charge in [0.15, 0.2) is 5.97 Å². The summed E-state index contributed by atoms with van der Waals surface area (Å²) in [4.78, 5) is 74.5. The molecule has 0 rings (SSSR count). The van der Waals surface area contributed by atoms with Crippen LogP contribution in [0.3, 0.4) is 0 Å². The summed E-state index contributed by atoms with van der Waals surface area (Å²) in [7, 11) is -4.64. The van der Waals surface area contributed by atoms with E-state index in [4.69, 9.17) is 79.3 Å². The standard InChI is InChI=1S/2C2H2O4.2CHNO.Na.H3O4P/c2*3-1(4)2(5)6;2*2-1-3;;1-5(2,3)4/h2*(H,3,4)(H,5,6);2*2H;;(H3,1,2,3,4)/q;;;;+1;/p-1. The largest absolute Gasteiger partial charge is 1.00 e. The minimum absolute atomic E-state index is 0. The SMILES string of the molecule is N=C=O.N=C=O.O=C(O)C(=O)O.O=C([O-])C(=O)O.O=P(O)(O)O.[Na+]. The fourth-order valence-electron chi connectivity index (χ4n) is 0. The number of phosphoric acid groups is 1. The topological polar surface area (TPSA) is 312 Å². The molecule has 0 radical (unpaired) electrons. The van der Waals surface area contributed by atoms with E-state index < -0.39 is 31.7 Å². The molecule has 0 amide bonds. The first-order valence-electron chi connectivity index (χ1n) is 3.88. The van der Waals surface area contributed by atoms with Gasteiger partial charge in [-0.05, 0) is 0 Å². The number of carboxylic acids is 4. The van der Waals surface area contributed by atoms with Gasteiger partial charge in [-0.3, -0.25) is 0 Å². The molecule has 0 aromatic rings. The first kappa shape index (κ1) is 37.8. The number of hydrogen-bond acceptors (Lipinski definition) is 10. The minimum Gasteiger partial charge on any atom is -0.539 e. The molecule has 0 fully saturated rings. The number of carbonyl (C=O) groups excluding carboxylic acids is 3. The van der Waals surface area contributed by atoms with Crippen LogP contribution in [0.15, 0.2) is 0 Å². The van der Waals surface area contributed by atoms with E-state index in [9.17, 15) is 0 Å². The summed E-state index contributed by atoms with van der Waals surface area (Å²) in [6.45, 7) is 0. The van der Waals surface area contributed by atoms with Crippen LogP contribution in [0.4, 0.5) is 0 Å². The van der Waals surface area contributed by atoms with E-state index in [2.05, 4.69) is 0 Å². The monoisotopic (exact) mass is 386 g/mol. The summed E-state index contributed by atoms with van der Waals surface area (Å²) in [5, 5.41) is 41.9. The Hall–Kier alpha value is -2.25. The summed E-state index contributed by atoms with van der Waals surface area (Å²) in [5.74, 6) is -7.66. The zero-order chi connectivity index (χ0) is 20.2. The molecule has 0 saturated heterocycles. The number of nitrogens with one attached hydrogen (secondary N) is 2. The molecule has 0 aromatic heterocycles. The van der Waals surface area contributed by atoms with E-state index in [1.807, 2.05) is 0 Å². The number of rotatable bonds is 0. The number of carboxylic acid groups (broad SMARTS) is 4. The third-order valence-electron chi connectivity index (χ3n) is 0.358. The van der Waals surface area contributed by atoms with Crippen molar-refractivity contribution in [1.29, 1.82) is 10.8 Å². The minimum atomic E-state index is -4.64. The van der Waals surface area contributed by atoms with Gasteiger partial charge in [-0.1, -0.05) is 0 Å². The van der Waals surface area contributed by atoms with Crippen molar-refractivity contribution < 1.29 is 98.0 Å². The van der Waals surface area contributed by atoms with Crippen molar-refractivity contribution in [3.63, 3.8) is 0 Å². The van der Waals surface area contributed by atoms with Gasteiger partial charge < -0.3 is 39.9 Å². The van der Waals surface area contributed by atoms with E-state index in [1.165, 1.54) is 0 Å². The molecule has 0 atom stereocenters. The summed E-state index contributed by atoms with van der Waals surface area (Å²) in [6, 6.07) is 0. The Morgan fingerprint density at radius 3 is 0.875 bits per heavy atom. The van der Waals surface area contributed by atoms with Crippen LogP contribution in [0.2, 0.25) is 0 Å². The van der Waals surface area contributed by atoms with E-state index in [0.29, 0.717) is 0 Å². The van der Waals surface area contributed by atoms with Crippen LogP contribution in [0.5, 0.6) is 0 Å². The molecule has 0 saturated carbocycles. The van der Waals surface area contributed by atoms with Gasteiger partial charge in [-0.25, -0.2) is 39.4 Å². The molecule has 132 valence electrons. The van der Waals surface area contributed by atoms with E-state index in [1.54, 1.807) is 0 Å². The molecule has 0 aliphatic rings. The molecule has 24 heavy (non-hydrogen) atoms. The van der Waals surface area contributed by atoms with Crippen molar-refractivity contribution >= 4 is 43.9 Å². The predicted molar refractivity (Wildman–Crippen MR) is 59.0 cm³/mol. The van der Waals surface area contributed by atoms with E-state index >= 15 is 0 Å². The Bertz CT molecular complexity index is 431. The first-order valence-corrected chi connectivity index (χ1v) is 5.45. The maximum atomic E-state index is 9.10. The fourth-order valence-corrected chi connectivity index (χ4v) is 0. The molecule has 0 heterocycles. The zero-order valence-electron chi connectivity index (χ0n) is 11.4. The van der Waals surface area contributed by atoms with Gasteiger partial charge in [-0.15, -0.1) is 0 Å². The zero-order valence-corrected chi connectivity index (χ0v) is 14.3. The van der Waals surface area contributed by atoms with Crippen molar-refractivity contribution in [3.8, 4) is 0 Å². The second kappa shape index (κ2) is 25.7. The van der Waals surface area contributed by atoms with Crippen LogP contribution in [0.25, 0.3) is 0 Å². The number of isocyanates is 2. The molecule has 0 aromatic carbocycles. The summed E-state index contributed by atoms with van der Waals surface area (Å²) >= 11 is 0. The van der Waals surface area contributed by atoms with Gasteiger partial charge in [0.2, 0.25) is 12.2 Å². The number of aliphatic carboxylic acids is 4.